The fourth-order valence-electron chi connectivity index (χ4n) is 3.20. The minimum absolute atomic E-state index is 0.0270. The van der Waals surface area contributed by atoms with Crippen molar-refractivity contribution >= 4 is 39.0 Å². The van der Waals surface area contributed by atoms with Gasteiger partial charge in [-0.25, -0.2) is 3.97 Å². The zero-order valence-corrected chi connectivity index (χ0v) is 19.9. The molecule has 2 N–H and O–H groups in total. The van der Waals surface area contributed by atoms with Crippen molar-refractivity contribution in [2.45, 2.75) is 20.3 Å². The number of aromatic nitrogens is 1. The summed E-state index contributed by atoms with van der Waals surface area (Å²) in [7, 11) is -0.891. The van der Waals surface area contributed by atoms with E-state index in [1.807, 2.05) is 26.0 Å². The fraction of sp³-hybridized carbons (Fsp3) is 0.250. The van der Waals surface area contributed by atoms with Gasteiger partial charge in [0, 0.05) is 43.4 Å². The molecule has 33 heavy (non-hydrogen) atoms. The summed E-state index contributed by atoms with van der Waals surface area (Å²) in [4.78, 5) is 25.7. The van der Waals surface area contributed by atoms with Crippen LogP contribution in [0, 0.1) is 6.92 Å². The summed E-state index contributed by atoms with van der Waals surface area (Å²) in [6.07, 6.45) is 3.68. The summed E-state index contributed by atoms with van der Waals surface area (Å²) < 4.78 is 27.9. The van der Waals surface area contributed by atoms with Crippen LogP contribution in [0.4, 0.5) is 0 Å². The first-order valence-corrected chi connectivity index (χ1v) is 12.0. The predicted molar refractivity (Wildman–Crippen MR) is 130 cm³/mol. The number of carbonyl (C=O) groups is 2. The zero-order chi connectivity index (χ0) is 24.2. The Kier molecular flexibility index (Phi) is 7.35. The lowest BCUT2D eigenvalue weighted by Gasteiger charge is -2.13. The SMILES string of the molecule is CCCNC(=O)/C(=C/c1cn(S(=O)(=O)N(C)C)c2ccccc12)NC(=O)c1ccc(C)cc1. The third kappa shape index (κ3) is 5.32. The third-order valence-corrected chi connectivity index (χ3v) is 6.78. The Balaban J connectivity index is 2.09. The topological polar surface area (TPSA) is 101 Å². The monoisotopic (exact) mass is 468 g/mol. The summed E-state index contributed by atoms with van der Waals surface area (Å²) >= 11 is 0. The molecule has 0 aliphatic carbocycles. The van der Waals surface area contributed by atoms with Gasteiger partial charge in [0.2, 0.25) is 0 Å². The Labute approximate surface area is 194 Å². The molecule has 3 rings (SSSR count). The van der Waals surface area contributed by atoms with Gasteiger partial charge in [0.25, 0.3) is 11.8 Å². The number of rotatable bonds is 8. The molecule has 174 valence electrons. The van der Waals surface area contributed by atoms with Crippen molar-refractivity contribution < 1.29 is 18.0 Å². The second-order valence-electron chi connectivity index (χ2n) is 7.82. The van der Waals surface area contributed by atoms with Crippen LogP contribution >= 0.6 is 0 Å². The van der Waals surface area contributed by atoms with Gasteiger partial charge in [0.15, 0.2) is 0 Å². The number of carbonyl (C=O) groups excluding carboxylic acids is 2. The van der Waals surface area contributed by atoms with E-state index in [0.29, 0.717) is 28.6 Å². The molecule has 0 saturated heterocycles. The lowest BCUT2D eigenvalue weighted by atomic mass is 10.1. The average molecular weight is 469 g/mol. The molecule has 0 atom stereocenters. The molecule has 2 aromatic carbocycles. The standard InChI is InChI=1S/C24H28N4O4S/c1-5-14-25-24(30)21(26-23(29)18-12-10-17(2)11-13-18)15-19-16-28(33(31,32)27(3)4)22-9-7-6-8-20(19)22/h6-13,15-16H,5,14H2,1-4H3,(H,25,30)(H,26,29)/b21-15-. The second-order valence-corrected chi connectivity index (χ2v) is 9.84. The maximum atomic E-state index is 12.8. The molecule has 9 heteroatoms. The molecule has 1 aromatic heterocycles. The molecule has 1 heterocycles. The highest BCUT2D eigenvalue weighted by atomic mass is 32.2. The van der Waals surface area contributed by atoms with E-state index in [9.17, 15) is 18.0 Å². The van der Waals surface area contributed by atoms with Crippen molar-refractivity contribution in [1.82, 2.24) is 18.9 Å². The van der Waals surface area contributed by atoms with Gasteiger partial charge in [0.05, 0.1) is 5.52 Å². The quantitative estimate of drug-likeness (QED) is 0.497. The molecule has 0 fully saturated rings. The van der Waals surface area contributed by atoms with Gasteiger partial charge in [-0.15, -0.1) is 0 Å². The number of para-hydroxylation sites is 1. The molecule has 0 aliphatic rings. The minimum atomic E-state index is -3.79. The van der Waals surface area contributed by atoms with E-state index in [-0.39, 0.29) is 5.70 Å². The molecule has 0 unspecified atom stereocenters. The Bertz CT molecular complexity index is 1310. The van der Waals surface area contributed by atoms with Gasteiger partial charge in [-0.1, -0.05) is 42.8 Å². The van der Waals surface area contributed by atoms with E-state index in [1.165, 1.54) is 26.4 Å². The van der Waals surface area contributed by atoms with Crippen molar-refractivity contribution in [3.05, 3.63) is 77.1 Å². The average Bonchev–Trinajstić information content (AvgIpc) is 3.16. The molecule has 0 aliphatic heterocycles. The fourth-order valence-corrected chi connectivity index (χ4v) is 4.21. The molecule has 8 nitrogen and oxygen atoms in total. The molecule has 3 aromatic rings. The van der Waals surface area contributed by atoms with Crippen molar-refractivity contribution in [3.63, 3.8) is 0 Å². The lowest BCUT2D eigenvalue weighted by molar-refractivity contribution is -0.117. The van der Waals surface area contributed by atoms with Crippen LogP contribution in [-0.2, 0) is 15.0 Å². The zero-order valence-electron chi connectivity index (χ0n) is 19.1. The maximum absolute atomic E-state index is 12.8. The number of amides is 2. The Hall–Kier alpha value is -3.43. The van der Waals surface area contributed by atoms with E-state index in [2.05, 4.69) is 10.6 Å². The van der Waals surface area contributed by atoms with Crippen LogP contribution in [0.5, 0.6) is 0 Å². The second kappa shape index (κ2) is 10.0. The number of fused-ring (bicyclic) bond motifs is 1. The van der Waals surface area contributed by atoms with Crippen molar-refractivity contribution in [1.29, 1.82) is 0 Å². The number of hydrogen-bond acceptors (Lipinski definition) is 4. The van der Waals surface area contributed by atoms with E-state index < -0.39 is 22.0 Å². The smallest absolute Gasteiger partial charge is 0.307 e. The first-order chi connectivity index (χ1) is 15.6. The van der Waals surface area contributed by atoms with E-state index in [0.717, 1.165) is 20.3 Å². The summed E-state index contributed by atoms with van der Waals surface area (Å²) in [5, 5.41) is 6.09. The van der Waals surface area contributed by atoms with E-state index in [1.54, 1.807) is 36.4 Å². The summed E-state index contributed by atoms with van der Waals surface area (Å²) in [5.74, 6) is -0.887. The molecule has 0 saturated carbocycles. The van der Waals surface area contributed by atoms with Crippen molar-refractivity contribution in [3.8, 4) is 0 Å². The van der Waals surface area contributed by atoms with Gasteiger partial charge in [-0.3, -0.25) is 9.59 Å². The van der Waals surface area contributed by atoms with Crippen LogP contribution in [0.3, 0.4) is 0 Å². The molecular formula is C24H28N4O4S. The summed E-state index contributed by atoms with van der Waals surface area (Å²) in [6.45, 7) is 4.28. The van der Waals surface area contributed by atoms with Gasteiger partial charge in [-0.05, 0) is 37.6 Å². The lowest BCUT2D eigenvalue weighted by Crippen LogP contribution is -2.35. The highest BCUT2D eigenvalue weighted by molar-refractivity contribution is 7.87. The molecule has 2 amide bonds. The molecule has 0 spiro atoms. The number of hydrogen-bond donors (Lipinski definition) is 2. The van der Waals surface area contributed by atoms with Gasteiger partial charge < -0.3 is 10.6 Å². The summed E-state index contributed by atoms with van der Waals surface area (Å²) in [6, 6.07) is 14.0. The Morgan fingerprint density at radius 1 is 1.06 bits per heavy atom. The predicted octanol–water partition coefficient (Wildman–Crippen LogP) is 2.90. The largest absolute Gasteiger partial charge is 0.351 e. The highest BCUT2D eigenvalue weighted by Crippen LogP contribution is 2.25. The first kappa shape index (κ1) is 24.2. The molecule has 0 bridgehead atoms. The van der Waals surface area contributed by atoms with Crippen LogP contribution < -0.4 is 10.6 Å². The van der Waals surface area contributed by atoms with Crippen LogP contribution in [0.15, 0.2) is 60.4 Å². The van der Waals surface area contributed by atoms with Crippen LogP contribution in [0.2, 0.25) is 0 Å². The molecular weight excluding hydrogens is 440 g/mol. The van der Waals surface area contributed by atoms with Gasteiger partial charge in [0.1, 0.15) is 5.70 Å². The summed E-state index contributed by atoms with van der Waals surface area (Å²) in [5.41, 5.74) is 2.40. The Morgan fingerprint density at radius 3 is 2.36 bits per heavy atom. The minimum Gasteiger partial charge on any atom is -0.351 e. The maximum Gasteiger partial charge on any atom is 0.307 e. The first-order valence-electron chi connectivity index (χ1n) is 10.6. The molecule has 0 radical (unpaired) electrons. The number of nitrogens with zero attached hydrogens (tertiary/aromatic N) is 2. The van der Waals surface area contributed by atoms with Crippen LogP contribution in [0.25, 0.3) is 17.0 Å². The van der Waals surface area contributed by atoms with Crippen LogP contribution in [-0.4, -0.2) is 49.1 Å². The number of aryl methyl sites for hydroxylation is 1. The van der Waals surface area contributed by atoms with Gasteiger partial charge >= 0.3 is 10.2 Å². The third-order valence-electron chi connectivity index (χ3n) is 5.06. The number of nitrogens with one attached hydrogen (secondary N) is 2. The highest BCUT2D eigenvalue weighted by Gasteiger charge is 2.22. The van der Waals surface area contributed by atoms with Crippen molar-refractivity contribution in [2.24, 2.45) is 0 Å². The normalized spacial score (nSPS) is 12.2. The van der Waals surface area contributed by atoms with E-state index >= 15 is 0 Å². The number of benzene rings is 2. The van der Waals surface area contributed by atoms with Crippen LogP contribution in [0.1, 0.15) is 34.8 Å². The Morgan fingerprint density at radius 2 is 1.73 bits per heavy atom. The van der Waals surface area contributed by atoms with Crippen molar-refractivity contribution in [2.75, 3.05) is 20.6 Å². The van der Waals surface area contributed by atoms with Gasteiger partial charge in [-0.2, -0.15) is 12.7 Å². The van der Waals surface area contributed by atoms with E-state index in [4.69, 9.17) is 0 Å².